The number of nitrogens with zero attached hydrogens (tertiary/aromatic N) is 1. The van der Waals surface area contributed by atoms with Crippen LogP contribution in [0.4, 0.5) is 0 Å². The highest BCUT2D eigenvalue weighted by Crippen LogP contribution is 2.43. The van der Waals surface area contributed by atoms with Crippen LogP contribution in [0.2, 0.25) is 0 Å². The molecule has 4 rings (SSSR count). The number of hydrogen-bond donors (Lipinski definition) is 1. The Kier molecular flexibility index (Phi) is 4.48. The molecule has 0 spiro atoms. The van der Waals surface area contributed by atoms with Crippen LogP contribution in [0.1, 0.15) is 25.0 Å². The molecule has 27 heavy (non-hydrogen) atoms. The van der Waals surface area contributed by atoms with Crippen molar-refractivity contribution in [2.45, 2.75) is 38.8 Å². The Morgan fingerprint density at radius 2 is 2.11 bits per heavy atom. The second-order valence-corrected chi connectivity index (χ2v) is 7.90. The van der Waals surface area contributed by atoms with Crippen LogP contribution in [0.5, 0.6) is 11.5 Å². The number of aromatic hydroxyl groups is 1. The fourth-order valence-electron chi connectivity index (χ4n) is 3.98. The Morgan fingerprint density at radius 3 is 2.85 bits per heavy atom. The minimum Gasteiger partial charge on any atom is -0.508 e. The fraction of sp³-hybridized carbons (Fsp3) is 0.476. The van der Waals surface area contributed by atoms with Gasteiger partial charge in [-0.3, -0.25) is 4.79 Å². The Bertz CT molecular complexity index is 925. The summed E-state index contributed by atoms with van der Waals surface area (Å²) in [6.07, 6.45) is -0.125. The number of rotatable bonds is 3. The van der Waals surface area contributed by atoms with Crippen LogP contribution in [0.25, 0.3) is 11.3 Å². The molecular weight excluding hydrogens is 346 g/mol. The summed E-state index contributed by atoms with van der Waals surface area (Å²) in [5.74, 6) is 0.802. The van der Waals surface area contributed by atoms with E-state index in [1.54, 1.807) is 18.2 Å². The van der Waals surface area contributed by atoms with Crippen LogP contribution in [-0.4, -0.2) is 42.2 Å². The van der Waals surface area contributed by atoms with Crippen molar-refractivity contribution >= 4 is 0 Å². The van der Waals surface area contributed by atoms with Crippen LogP contribution in [-0.2, 0) is 21.4 Å². The van der Waals surface area contributed by atoms with Gasteiger partial charge in [0.1, 0.15) is 24.2 Å². The monoisotopic (exact) mass is 371 g/mol. The van der Waals surface area contributed by atoms with Gasteiger partial charge in [0.2, 0.25) is 0 Å². The molecule has 0 aliphatic carbocycles. The van der Waals surface area contributed by atoms with Gasteiger partial charge in [-0.15, -0.1) is 0 Å². The second kappa shape index (κ2) is 6.69. The number of phenols is 1. The lowest BCUT2D eigenvalue weighted by atomic mass is 9.77. The zero-order chi connectivity index (χ0) is 19.2. The first kappa shape index (κ1) is 18.1. The van der Waals surface area contributed by atoms with E-state index in [-0.39, 0.29) is 22.8 Å². The predicted octanol–water partition coefficient (Wildman–Crippen LogP) is 2.61. The van der Waals surface area contributed by atoms with Crippen molar-refractivity contribution in [1.29, 1.82) is 0 Å². The lowest BCUT2D eigenvalue weighted by Crippen LogP contribution is -2.37. The van der Waals surface area contributed by atoms with E-state index in [1.807, 2.05) is 17.6 Å². The third kappa shape index (κ3) is 3.24. The summed E-state index contributed by atoms with van der Waals surface area (Å²) in [5.41, 5.74) is 3.42. The first-order valence-electron chi connectivity index (χ1n) is 9.27. The summed E-state index contributed by atoms with van der Waals surface area (Å²) in [4.78, 5) is 12.8. The second-order valence-electron chi connectivity index (χ2n) is 7.90. The summed E-state index contributed by atoms with van der Waals surface area (Å²) in [5, 5.41) is 9.96. The van der Waals surface area contributed by atoms with Crippen molar-refractivity contribution in [3.63, 3.8) is 0 Å². The predicted molar refractivity (Wildman–Crippen MR) is 102 cm³/mol. The van der Waals surface area contributed by atoms with Gasteiger partial charge in [-0.25, -0.2) is 0 Å². The summed E-state index contributed by atoms with van der Waals surface area (Å²) in [6.45, 7) is 8.70. The van der Waals surface area contributed by atoms with Crippen molar-refractivity contribution in [3.8, 4) is 22.8 Å². The highest BCUT2D eigenvalue weighted by molar-refractivity contribution is 5.73. The van der Waals surface area contributed by atoms with Crippen LogP contribution in [0.3, 0.4) is 0 Å². The van der Waals surface area contributed by atoms with Crippen LogP contribution >= 0.6 is 0 Å². The van der Waals surface area contributed by atoms with Gasteiger partial charge in [0.25, 0.3) is 5.56 Å². The van der Waals surface area contributed by atoms with Gasteiger partial charge in [-0.2, -0.15) is 0 Å². The molecule has 1 fully saturated rings. The van der Waals surface area contributed by atoms with E-state index in [9.17, 15) is 9.90 Å². The molecular formula is C21H25NO5. The molecule has 6 heteroatoms. The van der Waals surface area contributed by atoms with Crippen molar-refractivity contribution in [2.24, 2.45) is 0 Å². The Balaban J connectivity index is 1.75. The van der Waals surface area contributed by atoms with E-state index in [0.29, 0.717) is 38.7 Å². The molecule has 6 nitrogen and oxygen atoms in total. The first-order valence-corrected chi connectivity index (χ1v) is 9.27. The maximum absolute atomic E-state index is 12.8. The molecule has 0 amide bonds. The van der Waals surface area contributed by atoms with Gasteiger partial charge in [-0.05, 0) is 30.7 Å². The van der Waals surface area contributed by atoms with Crippen molar-refractivity contribution in [3.05, 3.63) is 45.7 Å². The Morgan fingerprint density at radius 1 is 1.30 bits per heavy atom. The lowest BCUT2D eigenvalue weighted by molar-refractivity contribution is -0.101. The molecule has 0 saturated carbocycles. The zero-order valence-electron chi connectivity index (χ0n) is 15.9. The van der Waals surface area contributed by atoms with Gasteiger partial charge < -0.3 is 23.9 Å². The van der Waals surface area contributed by atoms with Crippen molar-refractivity contribution < 1.29 is 19.3 Å². The molecule has 1 saturated heterocycles. The fourth-order valence-corrected chi connectivity index (χ4v) is 3.98. The standard InChI is InChI=1S/C21H25NO5/c1-13-18(27-11-15-10-25-6-7-26-15)9-19(24)22-12-21(2,3)17-8-14(23)4-5-16(17)20(13)22/h4-5,8-9,15,23H,6-7,10-12H2,1-3H3. The molecule has 3 heterocycles. The molecule has 0 bridgehead atoms. The number of fused-ring (bicyclic) bond motifs is 3. The number of pyridine rings is 1. The number of ether oxygens (including phenoxy) is 3. The number of aromatic nitrogens is 1. The van der Waals surface area contributed by atoms with E-state index in [4.69, 9.17) is 14.2 Å². The van der Waals surface area contributed by atoms with Gasteiger partial charge in [0, 0.05) is 29.2 Å². The first-order chi connectivity index (χ1) is 12.9. The maximum atomic E-state index is 12.8. The van der Waals surface area contributed by atoms with Crippen LogP contribution < -0.4 is 10.3 Å². The van der Waals surface area contributed by atoms with Gasteiger partial charge >= 0.3 is 0 Å². The molecule has 1 unspecified atom stereocenters. The summed E-state index contributed by atoms with van der Waals surface area (Å²) < 4.78 is 18.8. The van der Waals surface area contributed by atoms with Crippen molar-refractivity contribution in [2.75, 3.05) is 26.4 Å². The van der Waals surface area contributed by atoms with Crippen LogP contribution in [0, 0.1) is 6.92 Å². The number of benzene rings is 1. The third-order valence-electron chi connectivity index (χ3n) is 5.37. The highest BCUT2D eigenvalue weighted by atomic mass is 16.6. The topological polar surface area (TPSA) is 69.9 Å². The molecule has 1 aromatic carbocycles. The van der Waals surface area contributed by atoms with Gasteiger partial charge in [0.15, 0.2) is 0 Å². The molecule has 1 aromatic heterocycles. The average Bonchev–Trinajstić information content (AvgIpc) is 2.64. The van der Waals surface area contributed by atoms with E-state index < -0.39 is 0 Å². The Labute approximate surface area is 158 Å². The number of phenolic OH excluding ortho intramolecular Hbond substituents is 1. The lowest BCUT2D eigenvalue weighted by Gasteiger charge is -2.36. The van der Waals surface area contributed by atoms with Gasteiger partial charge in [0.05, 0.1) is 25.5 Å². The van der Waals surface area contributed by atoms with Gasteiger partial charge in [-0.1, -0.05) is 13.8 Å². The SMILES string of the molecule is Cc1c(OCC2COCCO2)cc(=O)n2c1-c1ccc(O)cc1C(C)(C)C2. The van der Waals surface area contributed by atoms with E-state index in [1.165, 1.54) is 0 Å². The van der Waals surface area contributed by atoms with Crippen molar-refractivity contribution in [1.82, 2.24) is 4.57 Å². The largest absolute Gasteiger partial charge is 0.508 e. The normalized spacial score (nSPS) is 20.6. The van der Waals surface area contributed by atoms with E-state index in [0.717, 1.165) is 22.4 Å². The highest BCUT2D eigenvalue weighted by Gasteiger charge is 2.33. The zero-order valence-corrected chi connectivity index (χ0v) is 15.9. The number of hydrogen-bond acceptors (Lipinski definition) is 5. The van der Waals surface area contributed by atoms with E-state index >= 15 is 0 Å². The molecule has 2 aromatic rings. The minimum atomic E-state index is -0.257. The molecule has 2 aliphatic heterocycles. The molecule has 0 radical (unpaired) electrons. The Hall–Kier alpha value is -2.31. The summed E-state index contributed by atoms with van der Waals surface area (Å²) >= 11 is 0. The molecule has 1 N–H and O–H groups in total. The summed E-state index contributed by atoms with van der Waals surface area (Å²) in [7, 11) is 0. The molecule has 1 atom stereocenters. The quantitative estimate of drug-likeness (QED) is 0.898. The van der Waals surface area contributed by atoms with E-state index in [2.05, 4.69) is 13.8 Å². The smallest absolute Gasteiger partial charge is 0.254 e. The molecule has 144 valence electrons. The minimum absolute atomic E-state index is 0.0850. The third-order valence-corrected chi connectivity index (χ3v) is 5.37. The average molecular weight is 371 g/mol. The van der Waals surface area contributed by atoms with Crippen LogP contribution in [0.15, 0.2) is 29.1 Å². The maximum Gasteiger partial charge on any atom is 0.254 e. The molecule has 2 aliphatic rings. The summed E-state index contributed by atoms with van der Waals surface area (Å²) in [6, 6.07) is 6.90.